The fraction of sp³-hybridized carbons (Fsp3) is 0.200. The molecule has 2 nitrogen and oxygen atoms in total. The quantitative estimate of drug-likeness (QED) is 0.799. The van der Waals surface area contributed by atoms with Crippen LogP contribution in [-0.2, 0) is 5.75 Å². The Bertz CT molecular complexity index is 501. The second kappa shape index (κ2) is 5.25. The lowest BCUT2D eigenvalue weighted by Crippen LogP contribution is -1.86. The van der Waals surface area contributed by atoms with Gasteiger partial charge in [-0.2, -0.15) is 0 Å². The molecule has 2 aromatic rings. The molecule has 0 aliphatic carbocycles. The molecule has 1 aromatic carbocycles. The number of nitrogens with zero attached hydrogens (tertiary/aromatic N) is 2. The summed E-state index contributed by atoms with van der Waals surface area (Å²) < 4.78 is 14.7. The van der Waals surface area contributed by atoms with Crippen molar-refractivity contribution in [2.24, 2.45) is 0 Å². The predicted octanol–water partition coefficient (Wildman–Crippen LogP) is 4.04. The van der Waals surface area contributed by atoms with E-state index in [1.54, 1.807) is 29.2 Å². The maximum absolute atomic E-state index is 13.2. The van der Waals surface area contributed by atoms with Gasteiger partial charge in [-0.25, -0.2) is 4.39 Å². The number of halogens is 2. The van der Waals surface area contributed by atoms with Crippen molar-refractivity contribution in [1.29, 1.82) is 0 Å². The molecule has 1 heterocycles. The summed E-state index contributed by atoms with van der Waals surface area (Å²) in [5, 5.41) is 8.88. The molecule has 0 bridgehead atoms. The standard InChI is InChI=1S/C10H8BrFN2S2/c1-6-13-14-10(16-6)15-5-7-3-2-4-8(12)9(7)11/h2-4H,5H2,1H3. The Morgan fingerprint density at radius 1 is 1.44 bits per heavy atom. The molecule has 0 aliphatic heterocycles. The smallest absolute Gasteiger partial charge is 0.174 e. The highest BCUT2D eigenvalue weighted by Crippen LogP contribution is 2.29. The molecule has 2 rings (SSSR count). The molecular formula is C10H8BrFN2S2. The van der Waals surface area contributed by atoms with Gasteiger partial charge in [-0.1, -0.05) is 35.2 Å². The van der Waals surface area contributed by atoms with E-state index in [4.69, 9.17) is 0 Å². The number of hydrogen-bond acceptors (Lipinski definition) is 4. The molecule has 0 N–H and O–H groups in total. The third kappa shape index (κ3) is 2.81. The van der Waals surface area contributed by atoms with E-state index in [9.17, 15) is 4.39 Å². The molecule has 0 aliphatic rings. The lowest BCUT2D eigenvalue weighted by atomic mass is 10.2. The first-order chi connectivity index (χ1) is 7.66. The summed E-state index contributed by atoms with van der Waals surface area (Å²) in [5.41, 5.74) is 0.929. The third-order valence-corrected chi connectivity index (χ3v) is 4.80. The molecule has 84 valence electrons. The normalized spacial score (nSPS) is 10.7. The Hall–Kier alpha value is -0.460. The van der Waals surface area contributed by atoms with Crippen LogP contribution in [0.5, 0.6) is 0 Å². The Morgan fingerprint density at radius 2 is 2.25 bits per heavy atom. The molecule has 0 spiro atoms. The van der Waals surface area contributed by atoms with Gasteiger partial charge in [0.1, 0.15) is 10.8 Å². The van der Waals surface area contributed by atoms with Crippen molar-refractivity contribution in [2.75, 3.05) is 0 Å². The van der Waals surface area contributed by atoms with Crippen LogP contribution in [0, 0.1) is 12.7 Å². The van der Waals surface area contributed by atoms with E-state index in [0.29, 0.717) is 10.2 Å². The first-order valence-corrected chi connectivity index (χ1v) is 7.12. The lowest BCUT2D eigenvalue weighted by Gasteiger charge is -2.02. The van der Waals surface area contributed by atoms with Crippen LogP contribution in [0.4, 0.5) is 4.39 Å². The van der Waals surface area contributed by atoms with E-state index in [2.05, 4.69) is 26.1 Å². The van der Waals surface area contributed by atoms with Gasteiger partial charge in [0.25, 0.3) is 0 Å². The van der Waals surface area contributed by atoms with E-state index in [0.717, 1.165) is 14.9 Å². The molecule has 0 saturated heterocycles. The van der Waals surface area contributed by atoms with Crippen LogP contribution >= 0.6 is 39.0 Å². The molecule has 16 heavy (non-hydrogen) atoms. The Labute approximate surface area is 109 Å². The van der Waals surface area contributed by atoms with Crippen LogP contribution in [0.2, 0.25) is 0 Å². The van der Waals surface area contributed by atoms with Gasteiger partial charge in [-0.3, -0.25) is 0 Å². The number of hydrogen-bond donors (Lipinski definition) is 0. The third-order valence-electron chi connectivity index (χ3n) is 1.89. The van der Waals surface area contributed by atoms with Crippen molar-refractivity contribution >= 4 is 39.0 Å². The van der Waals surface area contributed by atoms with Crippen LogP contribution in [0.15, 0.2) is 27.0 Å². The summed E-state index contributed by atoms with van der Waals surface area (Å²) in [5.74, 6) is 0.457. The maximum Gasteiger partial charge on any atom is 0.174 e. The van der Waals surface area contributed by atoms with Gasteiger partial charge in [-0.15, -0.1) is 10.2 Å². The van der Waals surface area contributed by atoms with Gasteiger partial charge in [-0.05, 0) is 34.5 Å². The largest absolute Gasteiger partial charge is 0.206 e. The average molecular weight is 319 g/mol. The van der Waals surface area contributed by atoms with E-state index < -0.39 is 0 Å². The number of aromatic nitrogens is 2. The van der Waals surface area contributed by atoms with Crippen molar-refractivity contribution < 1.29 is 4.39 Å². The van der Waals surface area contributed by atoms with Gasteiger partial charge in [0.05, 0.1) is 4.47 Å². The van der Waals surface area contributed by atoms with Crippen LogP contribution in [0.1, 0.15) is 10.6 Å². The summed E-state index contributed by atoms with van der Waals surface area (Å²) in [6.07, 6.45) is 0. The molecule has 0 radical (unpaired) electrons. The zero-order chi connectivity index (χ0) is 11.5. The fourth-order valence-electron chi connectivity index (χ4n) is 1.14. The first kappa shape index (κ1) is 12.0. The number of rotatable bonds is 3. The number of benzene rings is 1. The molecule has 1 aromatic heterocycles. The highest BCUT2D eigenvalue weighted by molar-refractivity contribution is 9.10. The van der Waals surface area contributed by atoms with Crippen molar-refractivity contribution in [3.05, 3.63) is 39.1 Å². The molecule has 0 atom stereocenters. The summed E-state index contributed by atoms with van der Waals surface area (Å²) in [4.78, 5) is 0. The van der Waals surface area contributed by atoms with E-state index in [1.165, 1.54) is 6.07 Å². The van der Waals surface area contributed by atoms with E-state index in [-0.39, 0.29) is 5.82 Å². The second-order valence-electron chi connectivity index (χ2n) is 3.09. The van der Waals surface area contributed by atoms with Crippen LogP contribution in [0.25, 0.3) is 0 Å². The van der Waals surface area contributed by atoms with Crippen molar-refractivity contribution in [3.8, 4) is 0 Å². The minimum absolute atomic E-state index is 0.230. The predicted molar refractivity (Wildman–Crippen MR) is 68.3 cm³/mol. The van der Waals surface area contributed by atoms with E-state index >= 15 is 0 Å². The van der Waals surface area contributed by atoms with Gasteiger partial charge >= 0.3 is 0 Å². The van der Waals surface area contributed by atoms with Crippen LogP contribution in [-0.4, -0.2) is 10.2 Å². The van der Waals surface area contributed by atoms with Crippen LogP contribution in [0.3, 0.4) is 0 Å². The van der Waals surface area contributed by atoms with Crippen molar-refractivity contribution in [2.45, 2.75) is 17.0 Å². The molecular weight excluding hydrogens is 311 g/mol. The molecule has 6 heteroatoms. The topological polar surface area (TPSA) is 25.8 Å². The summed E-state index contributed by atoms with van der Waals surface area (Å²) in [7, 11) is 0. The Morgan fingerprint density at radius 3 is 2.94 bits per heavy atom. The first-order valence-electron chi connectivity index (χ1n) is 4.52. The summed E-state index contributed by atoms with van der Waals surface area (Å²) in [6.45, 7) is 1.92. The SMILES string of the molecule is Cc1nnc(SCc2cccc(F)c2Br)s1. The number of thioether (sulfide) groups is 1. The van der Waals surface area contributed by atoms with E-state index in [1.807, 2.05) is 13.0 Å². The maximum atomic E-state index is 13.2. The Kier molecular flexibility index (Phi) is 3.94. The fourth-order valence-corrected chi connectivity index (χ4v) is 3.53. The Balaban J connectivity index is 2.07. The van der Waals surface area contributed by atoms with Crippen molar-refractivity contribution in [3.63, 3.8) is 0 Å². The zero-order valence-electron chi connectivity index (χ0n) is 8.41. The summed E-state index contributed by atoms with van der Waals surface area (Å²) >= 11 is 6.35. The van der Waals surface area contributed by atoms with Gasteiger partial charge in [0.15, 0.2) is 4.34 Å². The molecule has 0 fully saturated rings. The molecule has 0 amide bonds. The average Bonchev–Trinajstić information content (AvgIpc) is 2.67. The van der Waals surface area contributed by atoms with Gasteiger partial charge < -0.3 is 0 Å². The van der Waals surface area contributed by atoms with Gasteiger partial charge in [0, 0.05) is 5.75 Å². The van der Waals surface area contributed by atoms with Crippen molar-refractivity contribution in [1.82, 2.24) is 10.2 Å². The molecule has 0 saturated carbocycles. The number of aryl methyl sites for hydroxylation is 1. The van der Waals surface area contributed by atoms with Gasteiger partial charge in [0.2, 0.25) is 0 Å². The minimum Gasteiger partial charge on any atom is -0.206 e. The highest BCUT2D eigenvalue weighted by Gasteiger charge is 2.07. The minimum atomic E-state index is -0.230. The zero-order valence-corrected chi connectivity index (χ0v) is 11.6. The molecule has 0 unspecified atom stereocenters. The summed E-state index contributed by atoms with van der Waals surface area (Å²) in [6, 6.07) is 5.04. The monoisotopic (exact) mass is 318 g/mol. The second-order valence-corrected chi connectivity index (χ2v) is 6.29. The van der Waals surface area contributed by atoms with Crippen LogP contribution < -0.4 is 0 Å². The lowest BCUT2D eigenvalue weighted by molar-refractivity contribution is 0.619. The highest BCUT2D eigenvalue weighted by atomic mass is 79.9.